The van der Waals surface area contributed by atoms with E-state index >= 15 is 0 Å². The summed E-state index contributed by atoms with van der Waals surface area (Å²) in [5.74, 6) is 1.57. The molecule has 1 aromatic heterocycles. The van der Waals surface area contributed by atoms with Crippen LogP contribution in [0.2, 0.25) is 0 Å². The molecule has 4 nitrogen and oxygen atoms in total. The lowest BCUT2D eigenvalue weighted by Gasteiger charge is -2.19. The van der Waals surface area contributed by atoms with Crippen molar-refractivity contribution in [2.75, 3.05) is 6.54 Å². The van der Waals surface area contributed by atoms with Crippen molar-refractivity contribution in [3.63, 3.8) is 0 Å². The van der Waals surface area contributed by atoms with Gasteiger partial charge in [-0.2, -0.15) is 4.98 Å². The van der Waals surface area contributed by atoms with Gasteiger partial charge >= 0.3 is 0 Å². The van der Waals surface area contributed by atoms with Crippen molar-refractivity contribution < 1.29 is 4.52 Å². The maximum atomic E-state index is 5.38. The number of piperidine rings is 1. The molecule has 4 heteroatoms. The van der Waals surface area contributed by atoms with Crippen LogP contribution in [0.4, 0.5) is 0 Å². The number of benzene rings is 1. The summed E-state index contributed by atoms with van der Waals surface area (Å²) in [7, 11) is 0. The van der Waals surface area contributed by atoms with E-state index < -0.39 is 0 Å². The van der Waals surface area contributed by atoms with Crippen LogP contribution in [-0.4, -0.2) is 16.7 Å². The van der Waals surface area contributed by atoms with Gasteiger partial charge in [-0.05, 0) is 43.9 Å². The number of hydrogen-bond donors (Lipinski definition) is 1. The second kappa shape index (κ2) is 6.18. The number of nitrogens with zero attached hydrogens (tertiary/aromatic N) is 2. The molecule has 1 aromatic carbocycles. The zero-order valence-corrected chi connectivity index (χ0v) is 11.9. The first kappa shape index (κ1) is 13.3. The maximum Gasteiger partial charge on any atom is 0.227 e. The molecule has 3 rings (SSSR count). The number of aromatic nitrogens is 2. The van der Waals surface area contributed by atoms with Crippen molar-refractivity contribution in [1.82, 2.24) is 15.5 Å². The first-order valence-electron chi connectivity index (χ1n) is 7.43. The summed E-state index contributed by atoms with van der Waals surface area (Å²) in [6, 6.07) is 8.72. The lowest BCUT2D eigenvalue weighted by molar-refractivity contribution is 0.348. The molecule has 0 aliphatic carbocycles. The third-order valence-electron chi connectivity index (χ3n) is 3.98. The highest BCUT2D eigenvalue weighted by Crippen LogP contribution is 2.20. The van der Waals surface area contributed by atoms with Gasteiger partial charge in [0.2, 0.25) is 5.89 Å². The van der Waals surface area contributed by atoms with Gasteiger partial charge in [-0.1, -0.05) is 35.8 Å². The Balaban J connectivity index is 1.61. The molecular weight excluding hydrogens is 250 g/mol. The van der Waals surface area contributed by atoms with Crippen LogP contribution in [0.1, 0.15) is 48.1 Å². The molecule has 1 atom stereocenters. The Labute approximate surface area is 119 Å². The summed E-state index contributed by atoms with van der Waals surface area (Å²) in [6.07, 6.45) is 5.35. The predicted molar refractivity (Wildman–Crippen MR) is 77.5 cm³/mol. The van der Waals surface area contributed by atoms with E-state index in [9.17, 15) is 0 Å². The van der Waals surface area contributed by atoms with Crippen LogP contribution in [0.5, 0.6) is 0 Å². The second-order valence-corrected chi connectivity index (χ2v) is 5.48. The summed E-state index contributed by atoms with van der Waals surface area (Å²) < 4.78 is 5.38. The molecule has 1 saturated heterocycles. The van der Waals surface area contributed by atoms with Gasteiger partial charge in [-0.15, -0.1) is 0 Å². The number of nitrogens with one attached hydrogen (secondary N) is 1. The van der Waals surface area contributed by atoms with E-state index in [1.54, 1.807) is 0 Å². The molecule has 20 heavy (non-hydrogen) atoms. The van der Waals surface area contributed by atoms with Crippen LogP contribution < -0.4 is 5.32 Å². The van der Waals surface area contributed by atoms with E-state index in [-0.39, 0.29) is 6.04 Å². The van der Waals surface area contributed by atoms with Crippen LogP contribution in [0, 0.1) is 6.92 Å². The van der Waals surface area contributed by atoms with Crippen LogP contribution in [0.25, 0.3) is 0 Å². The van der Waals surface area contributed by atoms with E-state index in [1.165, 1.54) is 24.0 Å². The summed E-state index contributed by atoms with van der Waals surface area (Å²) in [5, 5.41) is 7.57. The molecule has 1 fully saturated rings. The molecule has 2 heterocycles. The zero-order chi connectivity index (χ0) is 13.8. The monoisotopic (exact) mass is 271 g/mol. The van der Waals surface area contributed by atoms with Crippen molar-refractivity contribution in [2.45, 2.75) is 45.1 Å². The molecule has 1 aliphatic heterocycles. The minimum atomic E-state index is 0.278. The fourth-order valence-corrected chi connectivity index (χ4v) is 2.72. The third-order valence-corrected chi connectivity index (χ3v) is 3.98. The van der Waals surface area contributed by atoms with E-state index in [2.05, 4.69) is 46.6 Å². The average molecular weight is 271 g/mol. The van der Waals surface area contributed by atoms with E-state index in [0.29, 0.717) is 0 Å². The molecule has 0 spiro atoms. The molecule has 1 N–H and O–H groups in total. The quantitative estimate of drug-likeness (QED) is 0.928. The Morgan fingerprint density at radius 3 is 2.95 bits per heavy atom. The predicted octanol–water partition coefficient (Wildman–Crippen LogP) is 2.98. The SMILES string of the molecule is Cc1ccccc1CCc1nc(C2CCCCN2)no1. The number of hydrogen-bond acceptors (Lipinski definition) is 4. The molecule has 0 amide bonds. The zero-order valence-electron chi connectivity index (χ0n) is 11.9. The fraction of sp³-hybridized carbons (Fsp3) is 0.500. The van der Waals surface area contributed by atoms with Crippen LogP contribution >= 0.6 is 0 Å². The Morgan fingerprint density at radius 2 is 2.15 bits per heavy atom. The normalized spacial score (nSPS) is 19.1. The molecule has 2 aromatic rings. The Kier molecular flexibility index (Phi) is 4.11. The minimum absolute atomic E-state index is 0.278. The first-order valence-corrected chi connectivity index (χ1v) is 7.43. The van der Waals surface area contributed by atoms with Crippen LogP contribution in [0.15, 0.2) is 28.8 Å². The van der Waals surface area contributed by atoms with Crippen molar-refractivity contribution >= 4 is 0 Å². The minimum Gasteiger partial charge on any atom is -0.339 e. The highest BCUT2D eigenvalue weighted by atomic mass is 16.5. The highest BCUT2D eigenvalue weighted by molar-refractivity contribution is 5.25. The molecule has 0 bridgehead atoms. The summed E-state index contributed by atoms with van der Waals surface area (Å²) >= 11 is 0. The number of rotatable bonds is 4. The maximum absolute atomic E-state index is 5.38. The summed E-state index contributed by atoms with van der Waals surface area (Å²) in [5.41, 5.74) is 2.67. The van der Waals surface area contributed by atoms with Crippen LogP contribution in [-0.2, 0) is 12.8 Å². The Bertz CT molecular complexity index is 558. The third kappa shape index (κ3) is 3.07. The van der Waals surface area contributed by atoms with Gasteiger partial charge < -0.3 is 9.84 Å². The van der Waals surface area contributed by atoms with Gasteiger partial charge in [-0.25, -0.2) is 0 Å². The van der Waals surface area contributed by atoms with Gasteiger partial charge in [0.15, 0.2) is 5.82 Å². The van der Waals surface area contributed by atoms with Crippen molar-refractivity contribution in [1.29, 1.82) is 0 Å². The van der Waals surface area contributed by atoms with Gasteiger partial charge in [0.05, 0.1) is 6.04 Å². The molecule has 1 aliphatic rings. The topological polar surface area (TPSA) is 51.0 Å². The van der Waals surface area contributed by atoms with Crippen LogP contribution in [0.3, 0.4) is 0 Å². The summed E-state index contributed by atoms with van der Waals surface area (Å²) in [6.45, 7) is 3.19. The van der Waals surface area contributed by atoms with Crippen molar-refractivity contribution in [3.05, 3.63) is 47.1 Å². The van der Waals surface area contributed by atoms with E-state index in [1.807, 2.05) is 0 Å². The average Bonchev–Trinajstić information content (AvgIpc) is 2.96. The van der Waals surface area contributed by atoms with Gasteiger partial charge in [0.25, 0.3) is 0 Å². The lowest BCUT2D eigenvalue weighted by Crippen LogP contribution is -2.27. The highest BCUT2D eigenvalue weighted by Gasteiger charge is 2.20. The molecule has 106 valence electrons. The molecule has 0 saturated carbocycles. The number of aryl methyl sites for hydroxylation is 3. The molecule has 0 radical (unpaired) electrons. The first-order chi connectivity index (χ1) is 9.83. The second-order valence-electron chi connectivity index (χ2n) is 5.48. The van der Waals surface area contributed by atoms with Gasteiger partial charge in [0, 0.05) is 6.42 Å². The summed E-state index contributed by atoms with van der Waals surface area (Å²) in [4.78, 5) is 4.54. The molecular formula is C16H21N3O. The van der Waals surface area contributed by atoms with Gasteiger partial charge in [-0.3, -0.25) is 0 Å². The Hall–Kier alpha value is -1.68. The smallest absolute Gasteiger partial charge is 0.227 e. The molecule has 1 unspecified atom stereocenters. The largest absolute Gasteiger partial charge is 0.339 e. The van der Waals surface area contributed by atoms with E-state index in [4.69, 9.17) is 4.52 Å². The van der Waals surface area contributed by atoms with Crippen molar-refractivity contribution in [2.24, 2.45) is 0 Å². The fourth-order valence-electron chi connectivity index (χ4n) is 2.72. The van der Waals surface area contributed by atoms with Gasteiger partial charge in [0.1, 0.15) is 0 Å². The standard InChI is InChI=1S/C16H21N3O/c1-12-6-2-3-7-13(12)9-10-15-18-16(19-20-15)14-8-4-5-11-17-14/h2-3,6-7,14,17H,4-5,8-11H2,1H3. The lowest BCUT2D eigenvalue weighted by atomic mass is 10.0. The van der Waals surface area contributed by atoms with E-state index in [0.717, 1.165) is 37.5 Å². The Morgan fingerprint density at radius 1 is 1.25 bits per heavy atom. The van der Waals surface area contributed by atoms with Crippen molar-refractivity contribution in [3.8, 4) is 0 Å².